The summed E-state index contributed by atoms with van der Waals surface area (Å²) < 4.78 is 0. The molecule has 120 valence electrons. The van der Waals surface area contributed by atoms with Gasteiger partial charge in [0.2, 0.25) is 11.8 Å². The first-order chi connectivity index (χ1) is 10.6. The Morgan fingerprint density at radius 2 is 1.14 bits per heavy atom. The van der Waals surface area contributed by atoms with Gasteiger partial charge in [-0.1, -0.05) is 0 Å². The molecule has 0 heterocycles. The summed E-state index contributed by atoms with van der Waals surface area (Å²) in [6.07, 6.45) is 10.7. The van der Waals surface area contributed by atoms with Crippen LogP contribution in [0.5, 0.6) is 0 Å². The fourth-order valence-electron chi connectivity index (χ4n) is 5.93. The van der Waals surface area contributed by atoms with Crippen LogP contribution in [0.4, 0.5) is 0 Å². The maximum Gasteiger partial charge on any atom is 0.226 e. The lowest BCUT2D eigenvalue weighted by atomic mass is 9.43. The van der Waals surface area contributed by atoms with Crippen LogP contribution in [0.15, 0.2) is 0 Å². The lowest BCUT2D eigenvalue weighted by Gasteiger charge is -2.60. The Hall–Kier alpha value is -1.06. The third-order valence-corrected chi connectivity index (χ3v) is 6.85. The van der Waals surface area contributed by atoms with Gasteiger partial charge in [0.1, 0.15) is 0 Å². The molecular weight excluding hydrogens is 276 g/mol. The molecule has 0 saturated heterocycles. The molecule has 0 aromatic carbocycles. The van der Waals surface area contributed by atoms with Crippen molar-refractivity contribution >= 4 is 11.8 Å². The minimum Gasteiger partial charge on any atom is -0.353 e. The number of amides is 2. The molecule has 4 nitrogen and oxygen atoms in total. The van der Waals surface area contributed by atoms with E-state index in [0.717, 1.165) is 57.8 Å². The Morgan fingerprint density at radius 3 is 1.50 bits per heavy atom. The highest BCUT2D eigenvalue weighted by Gasteiger charge is 2.63. The first-order valence-corrected chi connectivity index (χ1v) is 9.19. The van der Waals surface area contributed by atoms with E-state index >= 15 is 0 Å². The van der Waals surface area contributed by atoms with Crippen LogP contribution in [0.3, 0.4) is 0 Å². The number of nitrogens with one attached hydrogen (secondary N) is 2. The summed E-state index contributed by atoms with van der Waals surface area (Å²) in [5.41, 5.74) is -0.457. The average Bonchev–Trinajstić information content (AvgIpc) is 3.33. The Kier molecular flexibility index (Phi) is 2.60. The standard InChI is InChI=1S/C18H26N2O2/c21-15(19-13-1-2-13)17-6-11-5-12(7-17)9-18(8-11,10-17)16(22)20-14-3-4-14/h11-14H,1-10H2,(H,19,21)(H,20,22). The van der Waals surface area contributed by atoms with Gasteiger partial charge in [0, 0.05) is 12.1 Å². The molecule has 0 atom stereocenters. The summed E-state index contributed by atoms with van der Waals surface area (Å²) in [6, 6.07) is 0.855. The molecule has 2 amide bonds. The maximum atomic E-state index is 12.9. The zero-order valence-corrected chi connectivity index (χ0v) is 13.2. The minimum atomic E-state index is -0.229. The molecule has 0 radical (unpaired) electrons. The molecule has 4 bridgehead atoms. The smallest absolute Gasteiger partial charge is 0.226 e. The van der Waals surface area contributed by atoms with Gasteiger partial charge in [0.15, 0.2) is 0 Å². The van der Waals surface area contributed by atoms with Gasteiger partial charge in [0.05, 0.1) is 10.8 Å². The molecule has 0 aromatic rings. The van der Waals surface area contributed by atoms with E-state index in [1.54, 1.807) is 0 Å². The first-order valence-electron chi connectivity index (χ1n) is 9.19. The quantitative estimate of drug-likeness (QED) is 0.836. The van der Waals surface area contributed by atoms with Crippen LogP contribution in [-0.2, 0) is 9.59 Å². The number of carbonyl (C=O) groups excluding carboxylic acids is 2. The van der Waals surface area contributed by atoms with Crippen molar-refractivity contribution in [2.24, 2.45) is 22.7 Å². The molecule has 0 aliphatic heterocycles. The lowest BCUT2D eigenvalue weighted by Crippen LogP contribution is -2.61. The second kappa shape index (κ2) is 4.27. The Balaban J connectivity index is 1.42. The van der Waals surface area contributed by atoms with E-state index in [-0.39, 0.29) is 22.6 Å². The minimum absolute atomic E-state index is 0.229. The second-order valence-corrected chi connectivity index (χ2v) is 9.02. The van der Waals surface area contributed by atoms with Gasteiger partial charge < -0.3 is 10.6 Å². The summed E-state index contributed by atoms with van der Waals surface area (Å²) in [4.78, 5) is 25.8. The van der Waals surface area contributed by atoms with Crippen molar-refractivity contribution in [3.63, 3.8) is 0 Å². The molecule has 6 saturated carbocycles. The molecule has 0 unspecified atom stereocenters. The zero-order valence-electron chi connectivity index (χ0n) is 13.2. The zero-order chi connectivity index (χ0) is 14.9. The van der Waals surface area contributed by atoms with Gasteiger partial charge in [-0.05, 0) is 76.0 Å². The monoisotopic (exact) mass is 302 g/mol. The first kappa shape index (κ1) is 13.4. The van der Waals surface area contributed by atoms with E-state index in [1.807, 2.05) is 0 Å². The number of rotatable bonds is 4. The third-order valence-electron chi connectivity index (χ3n) is 6.85. The molecule has 6 aliphatic rings. The van der Waals surface area contributed by atoms with E-state index in [2.05, 4.69) is 10.6 Å². The van der Waals surface area contributed by atoms with Crippen molar-refractivity contribution in [1.82, 2.24) is 10.6 Å². The van der Waals surface area contributed by atoms with Gasteiger partial charge in [-0.25, -0.2) is 0 Å². The van der Waals surface area contributed by atoms with Crippen LogP contribution >= 0.6 is 0 Å². The Labute approximate surface area is 131 Å². The van der Waals surface area contributed by atoms with Gasteiger partial charge in [-0.3, -0.25) is 9.59 Å². The van der Waals surface area contributed by atoms with Crippen molar-refractivity contribution in [1.29, 1.82) is 0 Å². The van der Waals surface area contributed by atoms with Crippen LogP contribution in [-0.4, -0.2) is 23.9 Å². The average molecular weight is 302 g/mol. The van der Waals surface area contributed by atoms with Crippen molar-refractivity contribution < 1.29 is 9.59 Å². The Bertz CT molecular complexity index is 477. The van der Waals surface area contributed by atoms with Crippen LogP contribution in [0.2, 0.25) is 0 Å². The molecule has 2 N–H and O–H groups in total. The Morgan fingerprint density at radius 1 is 0.727 bits per heavy atom. The fourth-order valence-corrected chi connectivity index (χ4v) is 5.93. The normalized spacial score (nSPS) is 45.6. The van der Waals surface area contributed by atoms with E-state index in [1.165, 1.54) is 6.42 Å². The van der Waals surface area contributed by atoms with Crippen LogP contribution in [0, 0.1) is 22.7 Å². The SMILES string of the molecule is O=C(NC1CC1)C12CC3CC(C1)CC(C(=O)NC1CC1)(C3)C2. The molecular formula is C18H26N2O2. The highest BCUT2D eigenvalue weighted by molar-refractivity contribution is 5.88. The maximum absolute atomic E-state index is 12.9. The van der Waals surface area contributed by atoms with Crippen molar-refractivity contribution in [2.75, 3.05) is 0 Å². The summed E-state index contributed by atoms with van der Waals surface area (Å²) in [7, 11) is 0. The number of hydrogen-bond acceptors (Lipinski definition) is 2. The van der Waals surface area contributed by atoms with Gasteiger partial charge in [0.25, 0.3) is 0 Å². The van der Waals surface area contributed by atoms with Crippen LogP contribution < -0.4 is 10.6 Å². The van der Waals surface area contributed by atoms with Crippen molar-refractivity contribution in [2.45, 2.75) is 76.3 Å². The summed E-state index contributed by atoms with van der Waals surface area (Å²) >= 11 is 0. The predicted molar refractivity (Wildman–Crippen MR) is 81.9 cm³/mol. The number of carbonyl (C=O) groups is 2. The molecule has 0 spiro atoms. The van der Waals surface area contributed by atoms with E-state index in [9.17, 15) is 9.59 Å². The van der Waals surface area contributed by atoms with Crippen LogP contribution in [0.25, 0.3) is 0 Å². The van der Waals surface area contributed by atoms with E-state index < -0.39 is 0 Å². The summed E-state index contributed by atoms with van der Waals surface area (Å²) in [6.45, 7) is 0. The topological polar surface area (TPSA) is 58.2 Å². The molecule has 0 aromatic heterocycles. The van der Waals surface area contributed by atoms with Gasteiger partial charge in [-0.2, -0.15) is 0 Å². The molecule has 4 heteroatoms. The fraction of sp³-hybridized carbons (Fsp3) is 0.889. The summed E-state index contributed by atoms with van der Waals surface area (Å²) in [5.74, 6) is 1.73. The van der Waals surface area contributed by atoms with Crippen molar-refractivity contribution in [3.8, 4) is 0 Å². The second-order valence-electron chi connectivity index (χ2n) is 9.02. The molecule has 6 rings (SSSR count). The molecule has 22 heavy (non-hydrogen) atoms. The number of hydrogen-bond donors (Lipinski definition) is 2. The van der Waals surface area contributed by atoms with Gasteiger partial charge >= 0.3 is 0 Å². The predicted octanol–water partition coefficient (Wildman–Crippen LogP) is 2.13. The highest BCUT2D eigenvalue weighted by Crippen LogP contribution is 2.65. The summed E-state index contributed by atoms with van der Waals surface area (Å²) in [5, 5.41) is 6.50. The van der Waals surface area contributed by atoms with E-state index in [0.29, 0.717) is 23.9 Å². The van der Waals surface area contributed by atoms with Crippen LogP contribution in [0.1, 0.15) is 64.2 Å². The van der Waals surface area contributed by atoms with Gasteiger partial charge in [-0.15, -0.1) is 0 Å². The van der Waals surface area contributed by atoms with E-state index in [4.69, 9.17) is 0 Å². The lowest BCUT2D eigenvalue weighted by molar-refractivity contribution is -0.167. The largest absolute Gasteiger partial charge is 0.353 e. The van der Waals surface area contributed by atoms with Crippen molar-refractivity contribution in [3.05, 3.63) is 0 Å². The highest BCUT2D eigenvalue weighted by atomic mass is 16.2. The third kappa shape index (κ3) is 2.02. The molecule has 6 aliphatic carbocycles. The molecule has 6 fully saturated rings.